The summed E-state index contributed by atoms with van der Waals surface area (Å²) in [5, 5.41) is 8.47. The third kappa shape index (κ3) is 1.52. The van der Waals surface area contributed by atoms with E-state index < -0.39 is 0 Å². The Hall–Kier alpha value is -2.63. The summed E-state index contributed by atoms with van der Waals surface area (Å²) in [6.45, 7) is 2.08. The Morgan fingerprint density at radius 1 is 1.32 bits per heavy atom. The number of aryl methyl sites for hydroxylation is 2. The van der Waals surface area contributed by atoms with Gasteiger partial charge in [0.2, 0.25) is 0 Å². The van der Waals surface area contributed by atoms with Crippen molar-refractivity contribution in [3.63, 3.8) is 0 Å². The van der Waals surface area contributed by atoms with Gasteiger partial charge in [0.05, 0.1) is 17.9 Å². The van der Waals surface area contributed by atoms with Gasteiger partial charge >= 0.3 is 0 Å². The van der Waals surface area contributed by atoms with Crippen LogP contribution in [0.2, 0.25) is 0 Å². The summed E-state index contributed by atoms with van der Waals surface area (Å²) in [6.07, 6.45) is 8.93. The van der Waals surface area contributed by atoms with Gasteiger partial charge in [0.1, 0.15) is 17.0 Å². The molecule has 6 nitrogen and oxygen atoms in total. The lowest BCUT2D eigenvalue weighted by molar-refractivity contribution is 0.441. The smallest absolute Gasteiger partial charge is 0.139 e. The molecule has 0 aromatic carbocycles. The van der Waals surface area contributed by atoms with Crippen LogP contribution in [0.25, 0.3) is 22.1 Å². The average molecular weight is 292 g/mol. The molecule has 1 aliphatic carbocycles. The van der Waals surface area contributed by atoms with Crippen LogP contribution in [0.4, 0.5) is 0 Å². The zero-order valence-corrected chi connectivity index (χ0v) is 12.3. The van der Waals surface area contributed by atoms with Gasteiger partial charge in [-0.1, -0.05) is 0 Å². The molecule has 22 heavy (non-hydrogen) atoms. The molecular formula is C16H16N6. The van der Waals surface area contributed by atoms with Crippen LogP contribution >= 0.6 is 0 Å². The summed E-state index contributed by atoms with van der Waals surface area (Å²) >= 11 is 0. The predicted molar refractivity (Wildman–Crippen MR) is 83.8 cm³/mol. The van der Waals surface area contributed by atoms with Gasteiger partial charge in [-0.05, 0) is 31.4 Å². The minimum absolute atomic E-state index is 0.415. The van der Waals surface area contributed by atoms with E-state index in [0.29, 0.717) is 6.04 Å². The maximum Gasteiger partial charge on any atom is 0.139 e. The molecule has 0 aliphatic heterocycles. The maximum atomic E-state index is 4.72. The minimum Gasteiger partial charge on any atom is -0.346 e. The van der Waals surface area contributed by atoms with E-state index in [1.54, 1.807) is 0 Å². The van der Waals surface area contributed by atoms with Crippen molar-refractivity contribution in [2.75, 3.05) is 0 Å². The molecule has 6 heteroatoms. The van der Waals surface area contributed by atoms with E-state index in [0.717, 1.165) is 41.6 Å². The van der Waals surface area contributed by atoms with Crippen molar-refractivity contribution in [2.24, 2.45) is 0 Å². The standard InChI is InChI=1S/C16H16N6/c1-9-20-14-8-18-16-12(4-5-17-16)15(14)22(9)11-3-2-10-7-19-21-13(10)6-11/h4-5,7-8,11H,2-3,6H2,1H3,(H,17,18)(H,19,21). The fourth-order valence-electron chi connectivity index (χ4n) is 3.77. The Balaban J connectivity index is 1.74. The molecule has 1 unspecified atom stereocenters. The van der Waals surface area contributed by atoms with E-state index in [1.807, 2.05) is 18.6 Å². The van der Waals surface area contributed by atoms with Gasteiger partial charge in [-0.3, -0.25) is 5.10 Å². The molecule has 1 aliphatic rings. The number of imidazole rings is 1. The SMILES string of the molecule is Cc1nc2cnc3[nH]ccc3c2n1C1CCc2cn[nH]c2C1. The van der Waals surface area contributed by atoms with E-state index in [1.165, 1.54) is 16.8 Å². The summed E-state index contributed by atoms with van der Waals surface area (Å²) in [7, 11) is 0. The highest BCUT2D eigenvalue weighted by molar-refractivity contribution is 6.01. The average Bonchev–Trinajstić information content (AvgIpc) is 3.22. The van der Waals surface area contributed by atoms with Gasteiger partial charge in [-0.2, -0.15) is 5.10 Å². The third-order valence-corrected chi connectivity index (χ3v) is 4.77. The normalized spacial score (nSPS) is 18.1. The minimum atomic E-state index is 0.415. The van der Waals surface area contributed by atoms with Crippen molar-refractivity contribution in [3.8, 4) is 0 Å². The monoisotopic (exact) mass is 292 g/mol. The van der Waals surface area contributed by atoms with Crippen LogP contribution in [0.5, 0.6) is 0 Å². The van der Waals surface area contributed by atoms with Gasteiger partial charge in [0.25, 0.3) is 0 Å². The number of hydrogen-bond donors (Lipinski definition) is 2. The van der Waals surface area contributed by atoms with E-state index in [9.17, 15) is 0 Å². The Morgan fingerprint density at radius 3 is 3.23 bits per heavy atom. The number of aromatic amines is 2. The number of H-pyrrole nitrogens is 2. The van der Waals surface area contributed by atoms with Crippen molar-refractivity contribution >= 4 is 22.1 Å². The topological polar surface area (TPSA) is 75.2 Å². The van der Waals surface area contributed by atoms with E-state index in [4.69, 9.17) is 4.98 Å². The van der Waals surface area contributed by atoms with Gasteiger partial charge in [0, 0.05) is 29.7 Å². The van der Waals surface area contributed by atoms with E-state index in [2.05, 4.69) is 37.7 Å². The highest BCUT2D eigenvalue weighted by Crippen LogP contribution is 2.33. The number of fused-ring (bicyclic) bond motifs is 4. The number of nitrogens with one attached hydrogen (secondary N) is 2. The Labute approximate surface area is 126 Å². The number of hydrogen-bond acceptors (Lipinski definition) is 3. The fraction of sp³-hybridized carbons (Fsp3) is 0.312. The lowest BCUT2D eigenvalue weighted by Gasteiger charge is -2.25. The first kappa shape index (κ1) is 12.0. The Morgan fingerprint density at radius 2 is 2.27 bits per heavy atom. The Kier molecular flexibility index (Phi) is 2.28. The van der Waals surface area contributed by atoms with E-state index in [-0.39, 0.29) is 0 Å². The molecule has 0 fully saturated rings. The van der Waals surface area contributed by atoms with Gasteiger partial charge in [0.15, 0.2) is 0 Å². The molecule has 0 amide bonds. The molecule has 0 bridgehead atoms. The fourth-order valence-corrected chi connectivity index (χ4v) is 3.77. The van der Waals surface area contributed by atoms with Crippen LogP contribution in [-0.4, -0.2) is 29.7 Å². The molecular weight excluding hydrogens is 276 g/mol. The summed E-state index contributed by atoms with van der Waals surface area (Å²) in [6, 6.07) is 2.51. The molecule has 0 saturated heterocycles. The number of rotatable bonds is 1. The maximum absolute atomic E-state index is 4.72. The molecule has 0 saturated carbocycles. The number of nitrogens with zero attached hydrogens (tertiary/aromatic N) is 4. The third-order valence-electron chi connectivity index (χ3n) is 4.77. The summed E-state index contributed by atoms with van der Waals surface area (Å²) < 4.78 is 2.39. The predicted octanol–water partition coefficient (Wildman–Crippen LogP) is 2.67. The van der Waals surface area contributed by atoms with Crippen molar-refractivity contribution in [1.82, 2.24) is 29.7 Å². The van der Waals surface area contributed by atoms with Crippen LogP contribution in [0.1, 0.15) is 29.5 Å². The van der Waals surface area contributed by atoms with Crippen molar-refractivity contribution in [2.45, 2.75) is 32.2 Å². The van der Waals surface area contributed by atoms with Crippen LogP contribution in [0.3, 0.4) is 0 Å². The number of aromatic nitrogens is 6. The Bertz CT molecular complexity index is 989. The van der Waals surface area contributed by atoms with Gasteiger partial charge in [-0.25, -0.2) is 9.97 Å². The first-order valence-corrected chi connectivity index (χ1v) is 7.63. The number of pyridine rings is 1. The molecule has 0 radical (unpaired) electrons. The second kappa shape index (κ2) is 4.19. The molecule has 4 aromatic heterocycles. The molecule has 1 atom stereocenters. The molecule has 4 aromatic rings. The largest absolute Gasteiger partial charge is 0.346 e. The lowest BCUT2D eigenvalue weighted by Crippen LogP contribution is -2.19. The molecule has 2 N–H and O–H groups in total. The van der Waals surface area contributed by atoms with Crippen molar-refractivity contribution in [1.29, 1.82) is 0 Å². The summed E-state index contributed by atoms with van der Waals surface area (Å²) in [5.74, 6) is 1.05. The van der Waals surface area contributed by atoms with Crippen molar-refractivity contribution < 1.29 is 0 Å². The zero-order valence-electron chi connectivity index (χ0n) is 12.3. The van der Waals surface area contributed by atoms with Crippen molar-refractivity contribution in [3.05, 3.63) is 41.7 Å². The van der Waals surface area contributed by atoms with Gasteiger partial charge in [-0.15, -0.1) is 0 Å². The highest BCUT2D eigenvalue weighted by atomic mass is 15.1. The van der Waals surface area contributed by atoms with Gasteiger partial charge < -0.3 is 9.55 Å². The quantitative estimate of drug-likeness (QED) is 0.566. The summed E-state index contributed by atoms with van der Waals surface area (Å²) in [5.41, 5.74) is 5.70. The molecule has 4 heterocycles. The second-order valence-electron chi connectivity index (χ2n) is 6.03. The highest BCUT2D eigenvalue weighted by Gasteiger charge is 2.25. The molecule has 110 valence electrons. The second-order valence-corrected chi connectivity index (χ2v) is 6.03. The zero-order chi connectivity index (χ0) is 14.7. The van der Waals surface area contributed by atoms with Crippen LogP contribution < -0.4 is 0 Å². The first-order valence-electron chi connectivity index (χ1n) is 7.63. The summed E-state index contributed by atoms with van der Waals surface area (Å²) in [4.78, 5) is 12.4. The van der Waals surface area contributed by atoms with Crippen LogP contribution in [-0.2, 0) is 12.8 Å². The molecule has 5 rings (SSSR count). The van der Waals surface area contributed by atoms with Crippen LogP contribution in [0, 0.1) is 6.92 Å². The first-order chi connectivity index (χ1) is 10.8. The van der Waals surface area contributed by atoms with E-state index >= 15 is 0 Å². The lowest BCUT2D eigenvalue weighted by atomic mass is 9.93. The van der Waals surface area contributed by atoms with Crippen LogP contribution in [0.15, 0.2) is 24.7 Å². The molecule has 0 spiro atoms.